The Morgan fingerprint density at radius 3 is 2.85 bits per heavy atom. The predicted molar refractivity (Wildman–Crippen MR) is 138 cm³/mol. The summed E-state index contributed by atoms with van der Waals surface area (Å²) in [6.07, 6.45) is 0.153. The number of amides is 2. The molecule has 0 saturated carbocycles. The molecule has 1 saturated heterocycles. The van der Waals surface area contributed by atoms with Gasteiger partial charge in [0, 0.05) is 43.9 Å². The summed E-state index contributed by atoms with van der Waals surface area (Å²) in [6.45, 7) is 4.25. The highest BCUT2D eigenvalue weighted by Crippen LogP contribution is 2.39. The minimum Gasteiger partial charge on any atom is -0.477 e. The molecule has 1 aromatic carbocycles. The van der Waals surface area contributed by atoms with Gasteiger partial charge in [-0.25, -0.2) is 19.7 Å². The highest BCUT2D eigenvalue weighted by Gasteiger charge is 2.39. The summed E-state index contributed by atoms with van der Waals surface area (Å²) in [5.74, 6) is 0.930. The van der Waals surface area contributed by atoms with E-state index in [9.17, 15) is 18.0 Å². The van der Waals surface area contributed by atoms with Crippen LogP contribution in [0.3, 0.4) is 0 Å². The lowest BCUT2D eigenvalue weighted by atomic mass is 10.0. The third-order valence-electron chi connectivity index (χ3n) is 6.56. The Bertz CT molecular complexity index is 1340. The SMILES string of the molecule is COC[C@@H](C)COc1ccnc(NC(=O)N2c3nc(-c4cccc(C(F)(F)F)c4)ncc3N3CCCC2C3)n1. The van der Waals surface area contributed by atoms with Gasteiger partial charge in [0.05, 0.1) is 36.7 Å². The van der Waals surface area contributed by atoms with E-state index in [1.54, 1.807) is 19.4 Å². The van der Waals surface area contributed by atoms with Crippen LogP contribution in [0.2, 0.25) is 0 Å². The van der Waals surface area contributed by atoms with Crippen LogP contribution in [-0.4, -0.2) is 65.4 Å². The van der Waals surface area contributed by atoms with Crippen LogP contribution < -0.4 is 19.9 Å². The van der Waals surface area contributed by atoms with Crippen molar-refractivity contribution in [2.75, 3.05) is 48.5 Å². The summed E-state index contributed by atoms with van der Waals surface area (Å²) in [6, 6.07) is 5.73. The Morgan fingerprint density at radius 1 is 1.21 bits per heavy atom. The van der Waals surface area contributed by atoms with Gasteiger partial charge in [0.25, 0.3) is 0 Å². The van der Waals surface area contributed by atoms with Gasteiger partial charge in [-0.1, -0.05) is 19.1 Å². The second-order valence-corrected chi connectivity index (χ2v) is 9.61. The summed E-state index contributed by atoms with van der Waals surface area (Å²) >= 11 is 0. The van der Waals surface area contributed by atoms with Crippen molar-refractivity contribution in [3.63, 3.8) is 0 Å². The number of aromatic nitrogens is 4. The fraction of sp³-hybridized carbons (Fsp3) is 0.423. The molecule has 10 nitrogen and oxygen atoms in total. The second kappa shape index (κ2) is 11.0. The number of carbonyl (C=O) groups excluding carboxylic acids is 1. The van der Waals surface area contributed by atoms with E-state index in [0.29, 0.717) is 37.1 Å². The number of nitrogens with one attached hydrogen (secondary N) is 1. The number of urea groups is 1. The molecule has 1 N–H and O–H groups in total. The zero-order valence-electron chi connectivity index (χ0n) is 21.5. The Morgan fingerprint density at radius 2 is 2.05 bits per heavy atom. The van der Waals surface area contributed by atoms with Gasteiger partial charge in [-0.05, 0) is 25.0 Å². The van der Waals surface area contributed by atoms with Crippen LogP contribution in [0, 0.1) is 5.92 Å². The van der Waals surface area contributed by atoms with Crippen molar-refractivity contribution in [2.24, 2.45) is 5.92 Å². The van der Waals surface area contributed by atoms with Gasteiger partial charge in [-0.15, -0.1) is 0 Å². The Kier molecular flexibility index (Phi) is 7.51. The van der Waals surface area contributed by atoms with Crippen molar-refractivity contribution in [1.82, 2.24) is 19.9 Å². The monoisotopic (exact) mass is 543 g/mol. The predicted octanol–water partition coefficient (Wildman–Crippen LogP) is 4.63. The van der Waals surface area contributed by atoms with Gasteiger partial charge < -0.3 is 14.4 Å². The second-order valence-electron chi connectivity index (χ2n) is 9.61. The van der Waals surface area contributed by atoms with E-state index < -0.39 is 17.8 Å². The minimum atomic E-state index is -4.50. The van der Waals surface area contributed by atoms with E-state index in [1.807, 2.05) is 6.92 Å². The molecule has 0 spiro atoms. The third kappa shape index (κ3) is 5.87. The highest BCUT2D eigenvalue weighted by atomic mass is 19.4. The first-order valence-corrected chi connectivity index (χ1v) is 12.6. The molecule has 0 aliphatic carbocycles. The molecule has 1 unspecified atom stereocenters. The number of piperidine rings is 1. The average Bonchev–Trinajstić information content (AvgIpc) is 2.92. The van der Waals surface area contributed by atoms with Crippen LogP contribution in [0.25, 0.3) is 11.4 Å². The average molecular weight is 544 g/mol. The van der Waals surface area contributed by atoms with E-state index in [-0.39, 0.29) is 29.3 Å². The molecule has 0 radical (unpaired) electrons. The topological polar surface area (TPSA) is 106 Å². The molecule has 206 valence electrons. The number of nitrogens with zero attached hydrogens (tertiary/aromatic N) is 6. The molecule has 2 amide bonds. The van der Waals surface area contributed by atoms with Gasteiger partial charge in [0.2, 0.25) is 11.8 Å². The standard InChI is InChI=1S/C26H28F3N7O3/c1-16(14-38-2)15-39-21-8-9-30-24(32-21)34-25(37)36-19-7-4-10-35(13-19)20-12-31-22(33-23(20)36)17-5-3-6-18(11-17)26(27,28)29/h3,5-6,8-9,11-12,16,19H,4,7,10,13-15H2,1-2H3,(H,30,32,34,37)/t16-,19?/m1/s1. The lowest BCUT2D eigenvalue weighted by Gasteiger charge is -2.45. The molecule has 2 aliphatic rings. The van der Waals surface area contributed by atoms with E-state index in [0.717, 1.165) is 31.5 Å². The number of hydrogen-bond acceptors (Lipinski definition) is 8. The third-order valence-corrected chi connectivity index (χ3v) is 6.56. The Hall–Kier alpha value is -4.00. The highest BCUT2D eigenvalue weighted by molar-refractivity contribution is 6.03. The molecule has 3 aromatic rings. The maximum atomic E-state index is 13.6. The number of ether oxygens (including phenoxy) is 2. The first-order valence-electron chi connectivity index (χ1n) is 12.6. The van der Waals surface area contributed by atoms with Crippen molar-refractivity contribution in [3.05, 3.63) is 48.3 Å². The number of fused-ring (bicyclic) bond motifs is 4. The van der Waals surface area contributed by atoms with Crippen molar-refractivity contribution < 1.29 is 27.4 Å². The smallest absolute Gasteiger partial charge is 0.416 e. The molecule has 2 aromatic heterocycles. The van der Waals surface area contributed by atoms with Crippen LogP contribution >= 0.6 is 0 Å². The lowest BCUT2D eigenvalue weighted by molar-refractivity contribution is -0.137. The van der Waals surface area contributed by atoms with Crippen LogP contribution in [0.4, 0.5) is 35.4 Å². The molecule has 5 rings (SSSR count). The Labute approximate surface area is 223 Å². The van der Waals surface area contributed by atoms with E-state index >= 15 is 0 Å². The fourth-order valence-corrected chi connectivity index (χ4v) is 4.76. The van der Waals surface area contributed by atoms with Gasteiger partial charge in [0.1, 0.15) is 0 Å². The molecule has 4 heterocycles. The number of carbonyl (C=O) groups is 1. The van der Waals surface area contributed by atoms with Crippen LogP contribution in [-0.2, 0) is 10.9 Å². The van der Waals surface area contributed by atoms with Crippen molar-refractivity contribution >= 4 is 23.5 Å². The fourth-order valence-electron chi connectivity index (χ4n) is 4.76. The van der Waals surface area contributed by atoms with Gasteiger partial charge in [-0.2, -0.15) is 18.2 Å². The molecule has 2 atom stereocenters. The number of halogens is 3. The number of methoxy groups -OCH3 is 1. The number of alkyl halides is 3. The van der Waals surface area contributed by atoms with E-state index in [1.165, 1.54) is 23.2 Å². The van der Waals surface area contributed by atoms with Gasteiger partial charge >= 0.3 is 12.2 Å². The summed E-state index contributed by atoms with van der Waals surface area (Å²) in [7, 11) is 1.62. The largest absolute Gasteiger partial charge is 0.477 e. The summed E-state index contributed by atoms with van der Waals surface area (Å²) < 4.78 is 50.7. The minimum absolute atomic E-state index is 0.0591. The van der Waals surface area contributed by atoms with E-state index in [2.05, 4.69) is 30.2 Å². The summed E-state index contributed by atoms with van der Waals surface area (Å²) in [5.41, 5.74) is 0.0453. The van der Waals surface area contributed by atoms with Gasteiger partial charge in [0.15, 0.2) is 11.6 Å². The van der Waals surface area contributed by atoms with Gasteiger partial charge in [-0.3, -0.25) is 10.2 Å². The summed E-state index contributed by atoms with van der Waals surface area (Å²) in [5, 5.41) is 2.73. The first-order chi connectivity index (χ1) is 18.7. The zero-order chi connectivity index (χ0) is 27.6. The van der Waals surface area contributed by atoms with E-state index in [4.69, 9.17) is 9.47 Å². The lowest BCUT2D eigenvalue weighted by Crippen LogP contribution is -2.56. The first kappa shape index (κ1) is 26.6. The molecular weight excluding hydrogens is 515 g/mol. The van der Waals surface area contributed by atoms with Crippen LogP contribution in [0.15, 0.2) is 42.7 Å². The molecule has 2 aliphatic heterocycles. The molecule has 1 fully saturated rings. The zero-order valence-corrected chi connectivity index (χ0v) is 21.5. The van der Waals surface area contributed by atoms with Crippen molar-refractivity contribution in [2.45, 2.75) is 32.0 Å². The number of anilines is 3. The summed E-state index contributed by atoms with van der Waals surface area (Å²) in [4.78, 5) is 34.6. The number of rotatable bonds is 7. The maximum absolute atomic E-state index is 13.6. The molecular formula is C26H28F3N7O3. The molecule has 39 heavy (non-hydrogen) atoms. The Balaban J connectivity index is 1.42. The van der Waals surface area contributed by atoms with Crippen LogP contribution in [0.5, 0.6) is 5.88 Å². The molecule has 13 heteroatoms. The number of hydrogen-bond donors (Lipinski definition) is 1. The van der Waals surface area contributed by atoms with Crippen molar-refractivity contribution in [1.29, 1.82) is 0 Å². The van der Waals surface area contributed by atoms with Crippen LogP contribution in [0.1, 0.15) is 25.3 Å². The quantitative estimate of drug-likeness (QED) is 0.460. The molecule has 2 bridgehead atoms. The normalized spacial score (nSPS) is 17.4. The van der Waals surface area contributed by atoms with Crippen molar-refractivity contribution in [3.8, 4) is 17.3 Å². The number of benzene rings is 1. The maximum Gasteiger partial charge on any atom is 0.416 e.